The van der Waals surface area contributed by atoms with Gasteiger partial charge in [0.1, 0.15) is 6.07 Å². The highest BCUT2D eigenvalue weighted by atomic mass is 16.5. The molecule has 0 heterocycles. The Balaban J connectivity index is 1.64. The summed E-state index contributed by atoms with van der Waals surface area (Å²) in [6, 6.07) is 2.15. The highest BCUT2D eigenvalue weighted by Gasteiger charge is 2.69. The second-order valence-electron chi connectivity index (χ2n) is 14.4. The molecule has 0 bridgehead atoms. The molecular weight excluding hydrogens is 476 g/mol. The number of hydrogen-bond acceptors (Lipinski definition) is 5. The Morgan fingerprint density at radius 2 is 1.76 bits per heavy atom. The smallest absolute Gasteiger partial charge is 0.407 e. The number of hydrogen-bond donors (Lipinski definition) is 1. The number of amides is 1. The second kappa shape index (κ2) is 8.54. The van der Waals surface area contributed by atoms with Crippen molar-refractivity contribution in [2.45, 2.75) is 99.0 Å². The van der Waals surface area contributed by atoms with Crippen LogP contribution in [0.1, 0.15) is 93.4 Å². The van der Waals surface area contributed by atoms with E-state index in [2.05, 4.69) is 46.0 Å². The van der Waals surface area contributed by atoms with Gasteiger partial charge in [0.2, 0.25) is 0 Å². The van der Waals surface area contributed by atoms with Crippen molar-refractivity contribution >= 4 is 17.7 Å². The zero-order valence-electron chi connectivity index (χ0n) is 24.2. The average Bonchev–Trinajstić information content (AvgIpc) is 2.84. The van der Waals surface area contributed by atoms with Crippen LogP contribution in [0.25, 0.3) is 0 Å². The SMILES string of the molecule is CCOC(=O)N[C@]12CCC(C)(C)CC1C1C(=O)C=C3[C@@]4(C)C=C(C#N)C(=O)[C@@H](C)[C@@H]4CC[C@@]3(C)[C@]1(C)CC2. The summed E-state index contributed by atoms with van der Waals surface area (Å²) in [4.78, 5) is 40.1. The summed E-state index contributed by atoms with van der Waals surface area (Å²) < 4.78 is 5.34. The molecular formula is C32H44N2O4. The molecule has 38 heavy (non-hydrogen) atoms. The molecule has 2 unspecified atom stereocenters. The highest BCUT2D eigenvalue weighted by molar-refractivity contribution is 6.02. The van der Waals surface area contributed by atoms with Crippen molar-refractivity contribution in [1.82, 2.24) is 5.32 Å². The Morgan fingerprint density at radius 3 is 2.42 bits per heavy atom. The molecule has 5 aliphatic rings. The number of carbonyl (C=O) groups is 3. The van der Waals surface area contributed by atoms with Crippen LogP contribution in [0.4, 0.5) is 4.79 Å². The summed E-state index contributed by atoms with van der Waals surface area (Å²) in [5.74, 6) is -0.246. The molecule has 0 saturated heterocycles. The molecule has 0 aliphatic heterocycles. The van der Waals surface area contributed by atoms with Crippen LogP contribution in [-0.2, 0) is 14.3 Å². The minimum Gasteiger partial charge on any atom is -0.450 e. The second-order valence-corrected chi connectivity index (χ2v) is 14.4. The molecule has 6 nitrogen and oxygen atoms in total. The molecule has 3 saturated carbocycles. The molecule has 0 aromatic carbocycles. The minimum absolute atomic E-state index is 0.0270. The van der Waals surface area contributed by atoms with Crippen molar-refractivity contribution in [1.29, 1.82) is 5.26 Å². The number of Topliss-reactive ketones (excluding diaryl/α,β-unsaturated/α-hetero) is 1. The number of nitrogens with one attached hydrogen (secondary N) is 1. The van der Waals surface area contributed by atoms with Crippen LogP contribution >= 0.6 is 0 Å². The van der Waals surface area contributed by atoms with Crippen LogP contribution in [-0.4, -0.2) is 29.8 Å². The van der Waals surface area contributed by atoms with Gasteiger partial charge in [-0.05, 0) is 86.0 Å². The molecule has 0 spiro atoms. The summed E-state index contributed by atoms with van der Waals surface area (Å²) in [7, 11) is 0. The maximum Gasteiger partial charge on any atom is 0.407 e. The van der Waals surface area contributed by atoms with Gasteiger partial charge in [0.25, 0.3) is 0 Å². The molecule has 1 N–H and O–H groups in total. The van der Waals surface area contributed by atoms with Gasteiger partial charge in [-0.3, -0.25) is 9.59 Å². The van der Waals surface area contributed by atoms with E-state index < -0.39 is 11.0 Å². The number of ether oxygens (including phenoxy) is 1. The normalized spacial score (nSPS) is 45.2. The topological polar surface area (TPSA) is 96.3 Å². The molecule has 0 radical (unpaired) electrons. The monoisotopic (exact) mass is 520 g/mol. The number of nitrogens with zero attached hydrogens (tertiary/aromatic N) is 1. The van der Waals surface area contributed by atoms with Gasteiger partial charge in [-0.2, -0.15) is 5.26 Å². The lowest BCUT2D eigenvalue weighted by molar-refractivity contribution is -0.159. The fraction of sp³-hybridized carbons (Fsp3) is 0.750. The summed E-state index contributed by atoms with van der Waals surface area (Å²) in [6.45, 7) is 15.5. The first-order valence-electron chi connectivity index (χ1n) is 14.6. The number of rotatable bonds is 2. The number of nitriles is 1. The Labute approximate surface area is 227 Å². The quantitative estimate of drug-likeness (QED) is 0.460. The Kier molecular flexibility index (Phi) is 6.10. The standard InChI is InChI=1S/C32H44N2O4/c1-8-38-27(37)34-32-13-11-28(3,4)17-22(32)25-23(35)15-24-29(5)16-20(18-33)26(36)19(2)21(29)9-10-30(24,6)31(25,7)12-14-32/h15-16,19,21-22,25H,8-14,17H2,1-7H3,(H,34,37)/t19-,21-,22?,25?,29-,30+,31+,32-/m0/s1. The van der Waals surface area contributed by atoms with Gasteiger partial charge in [0.05, 0.1) is 12.2 Å². The number of carbonyl (C=O) groups excluding carboxylic acids is 3. The van der Waals surface area contributed by atoms with E-state index in [0.717, 1.165) is 50.5 Å². The lowest BCUT2D eigenvalue weighted by Crippen LogP contribution is -2.69. The number of alkyl carbamates (subject to hydrolysis) is 1. The lowest BCUT2D eigenvalue weighted by Gasteiger charge is -2.68. The van der Waals surface area contributed by atoms with Crippen molar-refractivity contribution in [3.05, 3.63) is 23.3 Å². The van der Waals surface area contributed by atoms with Gasteiger partial charge < -0.3 is 10.1 Å². The van der Waals surface area contributed by atoms with E-state index in [-0.39, 0.29) is 63.1 Å². The van der Waals surface area contributed by atoms with E-state index in [4.69, 9.17) is 4.74 Å². The van der Waals surface area contributed by atoms with Crippen LogP contribution in [0.2, 0.25) is 0 Å². The maximum atomic E-state index is 14.4. The van der Waals surface area contributed by atoms with Crippen LogP contribution in [0.5, 0.6) is 0 Å². The van der Waals surface area contributed by atoms with E-state index in [0.29, 0.717) is 6.61 Å². The van der Waals surface area contributed by atoms with E-state index in [1.807, 2.05) is 26.0 Å². The van der Waals surface area contributed by atoms with E-state index in [1.54, 1.807) is 0 Å². The molecule has 6 heteroatoms. The molecule has 0 aromatic heterocycles. The third-order valence-electron chi connectivity index (χ3n) is 12.1. The molecule has 206 valence electrons. The predicted molar refractivity (Wildman–Crippen MR) is 145 cm³/mol. The fourth-order valence-corrected chi connectivity index (χ4v) is 9.84. The molecule has 5 aliphatic carbocycles. The van der Waals surface area contributed by atoms with Crippen LogP contribution in [0, 0.1) is 56.7 Å². The van der Waals surface area contributed by atoms with Crippen molar-refractivity contribution in [3.63, 3.8) is 0 Å². The van der Waals surface area contributed by atoms with Gasteiger partial charge >= 0.3 is 6.09 Å². The third kappa shape index (κ3) is 3.52. The van der Waals surface area contributed by atoms with E-state index >= 15 is 0 Å². The van der Waals surface area contributed by atoms with Gasteiger partial charge in [-0.15, -0.1) is 0 Å². The lowest BCUT2D eigenvalue weighted by atomic mass is 9.36. The summed E-state index contributed by atoms with van der Waals surface area (Å²) in [5.41, 5.74) is -0.0459. The minimum atomic E-state index is -0.501. The summed E-state index contributed by atoms with van der Waals surface area (Å²) >= 11 is 0. The average molecular weight is 521 g/mol. The van der Waals surface area contributed by atoms with Gasteiger partial charge in [0.15, 0.2) is 11.6 Å². The van der Waals surface area contributed by atoms with Crippen LogP contribution < -0.4 is 5.32 Å². The van der Waals surface area contributed by atoms with Crippen molar-refractivity contribution in [2.24, 2.45) is 45.3 Å². The van der Waals surface area contributed by atoms with Crippen molar-refractivity contribution < 1.29 is 19.1 Å². The zero-order valence-corrected chi connectivity index (χ0v) is 24.2. The Bertz CT molecular complexity index is 1190. The van der Waals surface area contributed by atoms with Gasteiger partial charge in [-0.25, -0.2) is 4.79 Å². The maximum absolute atomic E-state index is 14.4. The van der Waals surface area contributed by atoms with Crippen LogP contribution in [0.3, 0.4) is 0 Å². The van der Waals surface area contributed by atoms with Crippen LogP contribution in [0.15, 0.2) is 23.3 Å². The van der Waals surface area contributed by atoms with Gasteiger partial charge in [-0.1, -0.05) is 53.2 Å². The Morgan fingerprint density at radius 1 is 1.08 bits per heavy atom. The number of allylic oxidation sites excluding steroid dienone is 4. The van der Waals surface area contributed by atoms with Gasteiger partial charge in [0, 0.05) is 22.8 Å². The molecule has 8 atom stereocenters. The van der Waals surface area contributed by atoms with E-state index in [1.165, 1.54) is 0 Å². The molecule has 0 aromatic rings. The Hall–Kier alpha value is -2.42. The predicted octanol–water partition coefficient (Wildman–Crippen LogP) is 6.31. The zero-order chi connectivity index (χ0) is 27.9. The molecule has 1 amide bonds. The van der Waals surface area contributed by atoms with E-state index in [9.17, 15) is 19.6 Å². The number of ketones is 2. The highest BCUT2D eigenvalue weighted by Crippen LogP contribution is 2.72. The first-order valence-corrected chi connectivity index (χ1v) is 14.6. The summed E-state index contributed by atoms with van der Waals surface area (Å²) in [6.07, 6.45) is 9.63. The third-order valence-corrected chi connectivity index (χ3v) is 12.1. The largest absolute Gasteiger partial charge is 0.450 e. The van der Waals surface area contributed by atoms with Crippen molar-refractivity contribution in [3.8, 4) is 6.07 Å². The molecule has 3 fully saturated rings. The first-order chi connectivity index (χ1) is 17.7. The fourth-order valence-electron chi connectivity index (χ4n) is 9.84. The first kappa shape index (κ1) is 27.2. The van der Waals surface area contributed by atoms with Crippen molar-refractivity contribution in [2.75, 3.05) is 6.61 Å². The molecule has 5 rings (SSSR count). The number of fused-ring (bicyclic) bond motifs is 7. The summed E-state index contributed by atoms with van der Waals surface area (Å²) in [5, 5.41) is 13.1.